The number of aryl methyl sites for hydroxylation is 1. The second kappa shape index (κ2) is 5.90. The molecule has 1 aromatic carbocycles. The molecule has 0 fully saturated rings. The molecule has 1 heterocycles. The van der Waals surface area contributed by atoms with Crippen molar-refractivity contribution in [2.45, 2.75) is 6.92 Å². The van der Waals surface area contributed by atoms with Gasteiger partial charge in [-0.15, -0.1) is 0 Å². The van der Waals surface area contributed by atoms with E-state index in [1.54, 1.807) is 13.1 Å². The highest BCUT2D eigenvalue weighted by molar-refractivity contribution is 9.10. The lowest BCUT2D eigenvalue weighted by Gasteiger charge is -2.10. The van der Waals surface area contributed by atoms with Gasteiger partial charge >= 0.3 is 0 Å². The van der Waals surface area contributed by atoms with E-state index in [4.69, 9.17) is 23.2 Å². The summed E-state index contributed by atoms with van der Waals surface area (Å²) in [6, 6.07) is 3.70. The van der Waals surface area contributed by atoms with Gasteiger partial charge in [-0.1, -0.05) is 11.6 Å². The topological polar surface area (TPSA) is 62.7 Å². The van der Waals surface area contributed by atoms with E-state index in [0.29, 0.717) is 16.9 Å². The minimum absolute atomic E-state index is 0.108. The van der Waals surface area contributed by atoms with Crippen molar-refractivity contribution in [1.29, 1.82) is 0 Å². The largest absolute Gasteiger partial charge is 0.357 e. The Morgan fingerprint density at radius 1 is 1.11 bits per heavy atom. The number of nitrogens with zero attached hydrogens (tertiary/aromatic N) is 3. The normalized spacial score (nSPS) is 10.4. The molecule has 0 bridgehead atoms. The summed E-state index contributed by atoms with van der Waals surface area (Å²) in [4.78, 5) is 12.0. The third kappa shape index (κ3) is 3.46. The summed E-state index contributed by atoms with van der Waals surface area (Å²) in [6.45, 7) is 1.93. The van der Waals surface area contributed by atoms with E-state index in [9.17, 15) is 0 Å². The van der Waals surface area contributed by atoms with Crippen molar-refractivity contribution in [3.63, 3.8) is 0 Å². The number of nitrogens with one attached hydrogen (secondary N) is 2. The molecule has 0 saturated carbocycles. The van der Waals surface area contributed by atoms with E-state index in [0.717, 1.165) is 15.7 Å². The average Bonchev–Trinajstić information content (AvgIpc) is 2.35. The van der Waals surface area contributed by atoms with Crippen LogP contribution in [0.2, 0.25) is 10.3 Å². The smallest absolute Gasteiger partial charge is 0.233 e. The number of benzene rings is 1. The van der Waals surface area contributed by atoms with Gasteiger partial charge < -0.3 is 10.6 Å². The van der Waals surface area contributed by atoms with Gasteiger partial charge in [0.15, 0.2) is 0 Å². The molecule has 0 saturated heterocycles. The fourth-order valence-corrected chi connectivity index (χ4v) is 2.26. The van der Waals surface area contributed by atoms with Gasteiger partial charge in [-0.25, -0.2) is 0 Å². The Labute approximate surface area is 128 Å². The maximum absolute atomic E-state index is 6.09. The molecule has 0 spiro atoms. The SMILES string of the molecule is CNc1nc(Cl)nc(Nc2cc(Cl)c(C)cc2Br)n1. The number of hydrogen-bond donors (Lipinski definition) is 2. The fraction of sp³-hybridized carbons (Fsp3) is 0.182. The lowest BCUT2D eigenvalue weighted by molar-refractivity contribution is 1.05. The molecule has 19 heavy (non-hydrogen) atoms. The van der Waals surface area contributed by atoms with Crippen molar-refractivity contribution in [3.8, 4) is 0 Å². The van der Waals surface area contributed by atoms with Crippen LogP contribution in [0.25, 0.3) is 0 Å². The maximum atomic E-state index is 6.09. The lowest BCUT2D eigenvalue weighted by Crippen LogP contribution is -2.04. The van der Waals surface area contributed by atoms with E-state index in [2.05, 4.69) is 41.5 Å². The first-order valence-corrected chi connectivity index (χ1v) is 6.86. The van der Waals surface area contributed by atoms with Crippen LogP contribution in [0, 0.1) is 6.92 Å². The second-order valence-electron chi connectivity index (χ2n) is 3.71. The quantitative estimate of drug-likeness (QED) is 0.862. The Morgan fingerprint density at radius 3 is 2.47 bits per heavy atom. The molecule has 0 aliphatic rings. The van der Waals surface area contributed by atoms with Crippen LogP contribution in [-0.4, -0.2) is 22.0 Å². The van der Waals surface area contributed by atoms with E-state index in [1.165, 1.54) is 0 Å². The van der Waals surface area contributed by atoms with Crippen molar-refractivity contribution in [1.82, 2.24) is 15.0 Å². The number of halogens is 3. The molecule has 8 heteroatoms. The first kappa shape index (κ1) is 14.3. The van der Waals surface area contributed by atoms with Crippen LogP contribution in [0.3, 0.4) is 0 Å². The van der Waals surface area contributed by atoms with Gasteiger partial charge in [-0.3, -0.25) is 0 Å². The monoisotopic (exact) mass is 361 g/mol. The van der Waals surface area contributed by atoms with E-state index < -0.39 is 0 Å². The Balaban J connectivity index is 2.36. The summed E-state index contributed by atoms with van der Waals surface area (Å²) in [5, 5.41) is 6.60. The third-order valence-electron chi connectivity index (χ3n) is 2.33. The van der Waals surface area contributed by atoms with Crippen LogP contribution >= 0.6 is 39.1 Å². The van der Waals surface area contributed by atoms with Crippen molar-refractivity contribution < 1.29 is 0 Å². The van der Waals surface area contributed by atoms with Crippen LogP contribution in [0.15, 0.2) is 16.6 Å². The Kier molecular flexibility index (Phi) is 4.44. The highest BCUT2D eigenvalue weighted by Crippen LogP contribution is 2.30. The molecule has 0 radical (unpaired) electrons. The average molecular weight is 363 g/mol. The van der Waals surface area contributed by atoms with E-state index >= 15 is 0 Å². The van der Waals surface area contributed by atoms with Gasteiger partial charge in [0.2, 0.25) is 17.2 Å². The third-order valence-corrected chi connectivity index (χ3v) is 3.56. The van der Waals surface area contributed by atoms with Gasteiger partial charge in [-0.2, -0.15) is 15.0 Å². The summed E-state index contributed by atoms with van der Waals surface area (Å²) in [5.41, 5.74) is 1.73. The maximum Gasteiger partial charge on any atom is 0.233 e. The first-order chi connectivity index (χ1) is 8.99. The van der Waals surface area contributed by atoms with Crippen molar-refractivity contribution in [2.24, 2.45) is 0 Å². The van der Waals surface area contributed by atoms with Gasteiger partial charge in [0.1, 0.15) is 0 Å². The summed E-state index contributed by atoms with van der Waals surface area (Å²) < 4.78 is 0.858. The molecule has 0 amide bonds. The number of aromatic nitrogens is 3. The summed E-state index contributed by atoms with van der Waals surface area (Å²) in [5.74, 6) is 0.724. The standard InChI is InChI=1S/C11H10BrCl2N5/c1-5-3-6(12)8(4-7(5)13)16-11-18-9(14)17-10(15-2)19-11/h3-4H,1-2H3,(H2,15,16,17,18,19). The highest BCUT2D eigenvalue weighted by Gasteiger charge is 2.08. The summed E-state index contributed by atoms with van der Waals surface area (Å²) in [7, 11) is 1.70. The van der Waals surface area contributed by atoms with E-state index in [-0.39, 0.29) is 5.28 Å². The minimum Gasteiger partial charge on any atom is -0.357 e. The second-order valence-corrected chi connectivity index (χ2v) is 5.31. The number of hydrogen-bond acceptors (Lipinski definition) is 5. The van der Waals surface area contributed by atoms with Crippen molar-refractivity contribution in [2.75, 3.05) is 17.7 Å². The molecule has 0 aliphatic carbocycles. The molecule has 2 aromatic rings. The van der Waals surface area contributed by atoms with Crippen LogP contribution < -0.4 is 10.6 Å². The summed E-state index contributed by atoms with van der Waals surface area (Å²) >= 11 is 15.4. The first-order valence-electron chi connectivity index (χ1n) is 5.31. The Bertz CT molecular complexity index is 620. The van der Waals surface area contributed by atoms with Crippen LogP contribution in [0.5, 0.6) is 0 Å². The molecule has 2 N–H and O–H groups in total. The zero-order valence-electron chi connectivity index (χ0n) is 10.1. The minimum atomic E-state index is 0.108. The molecule has 0 atom stereocenters. The van der Waals surface area contributed by atoms with Crippen molar-refractivity contribution >= 4 is 56.7 Å². The molecular weight excluding hydrogens is 353 g/mol. The van der Waals surface area contributed by atoms with Gasteiger partial charge in [-0.05, 0) is 52.2 Å². The van der Waals surface area contributed by atoms with Crippen LogP contribution in [0.1, 0.15) is 5.56 Å². The molecule has 5 nitrogen and oxygen atoms in total. The zero-order valence-corrected chi connectivity index (χ0v) is 13.2. The Hall–Kier alpha value is -1.11. The predicted molar refractivity (Wildman–Crippen MR) is 81.6 cm³/mol. The zero-order chi connectivity index (χ0) is 14.0. The predicted octanol–water partition coefficient (Wildman–Crippen LogP) is 4.03. The number of rotatable bonds is 3. The van der Waals surface area contributed by atoms with Gasteiger partial charge in [0.05, 0.1) is 5.69 Å². The van der Waals surface area contributed by atoms with Gasteiger partial charge in [0.25, 0.3) is 0 Å². The molecule has 2 rings (SSSR count). The van der Waals surface area contributed by atoms with Crippen LogP contribution in [-0.2, 0) is 0 Å². The molecule has 0 unspecified atom stereocenters. The van der Waals surface area contributed by atoms with E-state index in [1.807, 2.05) is 13.0 Å². The van der Waals surface area contributed by atoms with Crippen molar-refractivity contribution in [3.05, 3.63) is 32.5 Å². The number of anilines is 3. The Morgan fingerprint density at radius 2 is 1.79 bits per heavy atom. The summed E-state index contributed by atoms with van der Waals surface area (Å²) in [6.07, 6.45) is 0. The fourth-order valence-electron chi connectivity index (χ4n) is 1.38. The molecular formula is C11H10BrCl2N5. The van der Waals surface area contributed by atoms with Gasteiger partial charge in [0, 0.05) is 16.5 Å². The highest BCUT2D eigenvalue weighted by atomic mass is 79.9. The molecule has 0 aliphatic heterocycles. The van der Waals surface area contributed by atoms with Crippen LogP contribution in [0.4, 0.5) is 17.6 Å². The lowest BCUT2D eigenvalue weighted by atomic mass is 10.2. The molecule has 1 aromatic heterocycles. The molecule has 100 valence electrons.